The Morgan fingerprint density at radius 3 is 2.16 bits per heavy atom. The molecule has 2 N–H and O–H groups in total. The zero-order chi connectivity index (χ0) is 18.7. The van der Waals surface area contributed by atoms with Gasteiger partial charge in [0.2, 0.25) is 10.0 Å². The fourth-order valence-electron chi connectivity index (χ4n) is 3.06. The lowest BCUT2D eigenvalue weighted by Gasteiger charge is -2.24. The lowest BCUT2D eigenvalue weighted by molar-refractivity contribution is 0.0565. The number of aryl methyl sites for hydroxylation is 4. The van der Waals surface area contributed by atoms with Gasteiger partial charge in [-0.2, -0.15) is 0 Å². The molecule has 5 heteroatoms. The van der Waals surface area contributed by atoms with E-state index >= 15 is 0 Å². The minimum atomic E-state index is -3.66. The smallest absolute Gasteiger partial charge is 0.241 e. The van der Waals surface area contributed by atoms with Gasteiger partial charge in [-0.15, -0.1) is 0 Å². The van der Waals surface area contributed by atoms with Crippen LogP contribution >= 0.6 is 0 Å². The van der Waals surface area contributed by atoms with E-state index < -0.39 is 15.6 Å². The molecule has 2 aromatic carbocycles. The van der Waals surface area contributed by atoms with E-state index in [0.717, 1.165) is 11.1 Å². The van der Waals surface area contributed by atoms with Crippen molar-refractivity contribution in [3.63, 3.8) is 0 Å². The van der Waals surface area contributed by atoms with Gasteiger partial charge in [-0.3, -0.25) is 0 Å². The lowest BCUT2D eigenvalue weighted by atomic mass is 9.97. The number of aliphatic hydroxyl groups is 1. The van der Waals surface area contributed by atoms with E-state index in [2.05, 4.69) is 4.72 Å². The van der Waals surface area contributed by atoms with Crippen molar-refractivity contribution in [1.82, 2.24) is 4.72 Å². The Morgan fingerprint density at radius 1 is 1.04 bits per heavy atom. The Labute approximate surface area is 151 Å². The zero-order valence-corrected chi connectivity index (χ0v) is 16.2. The van der Waals surface area contributed by atoms with Gasteiger partial charge >= 0.3 is 0 Å². The summed E-state index contributed by atoms with van der Waals surface area (Å²) < 4.78 is 27.9. The van der Waals surface area contributed by atoms with Crippen LogP contribution in [0.5, 0.6) is 0 Å². The highest BCUT2D eigenvalue weighted by atomic mass is 32.2. The summed E-state index contributed by atoms with van der Waals surface area (Å²) in [6.45, 7) is 7.17. The predicted octanol–water partition coefficient (Wildman–Crippen LogP) is 3.27. The van der Waals surface area contributed by atoms with Gasteiger partial charge in [0, 0.05) is 6.54 Å². The van der Waals surface area contributed by atoms with Crippen LogP contribution in [0.2, 0.25) is 0 Å². The summed E-state index contributed by atoms with van der Waals surface area (Å²) in [5.74, 6) is 0. The van der Waals surface area contributed by atoms with Gasteiger partial charge in [0.05, 0.1) is 10.5 Å². The minimum Gasteiger partial charge on any atom is -0.389 e. The molecule has 0 fully saturated rings. The molecule has 2 aromatic rings. The van der Waals surface area contributed by atoms with Gasteiger partial charge in [0.25, 0.3) is 0 Å². The molecular weight excluding hydrogens is 334 g/mol. The molecule has 2 rings (SSSR count). The van der Waals surface area contributed by atoms with Crippen molar-refractivity contribution in [2.24, 2.45) is 0 Å². The molecule has 0 spiro atoms. The van der Waals surface area contributed by atoms with Crippen molar-refractivity contribution in [3.8, 4) is 0 Å². The summed E-state index contributed by atoms with van der Waals surface area (Å²) in [7, 11) is -3.66. The molecule has 0 bridgehead atoms. The van der Waals surface area contributed by atoms with E-state index in [1.807, 2.05) is 49.4 Å². The molecule has 1 atom stereocenters. The summed E-state index contributed by atoms with van der Waals surface area (Å²) in [6.07, 6.45) is 1.17. The highest BCUT2D eigenvalue weighted by molar-refractivity contribution is 7.89. The van der Waals surface area contributed by atoms with Gasteiger partial charge in [0.15, 0.2) is 0 Å². The first-order chi connectivity index (χ1) is 11.6. The van der Waals surface area contributed by atoms with Crippen molar-refractivity contribution in [2.45, 2.75) is 51.0 Å². The maximum absolute atomic E-state index is 12.7. The van der Waals surface area contributed by atoms with E-state index in [1.54, 1.807) is 20.8 Å². The number of sulfonamides is 1. The molecule has 25 heavy (non-hydrogen) atoms. The Bertz CT molecular complexity index is 804. The average Bonchev–Trinajstić information content (AvgIpc) is 2.51. The first-order valence-electron chi connectivity index (χ1n) is 8.44. The second kappa shape index (κ2) is 7.68. The maximum atomic E-state index is 12.7. The molecule has 0 heterocycles. The summed E-state index contributed by atoms with van der Waals surface area (Å²) >= 11 is 0. The van der Waals surface area contributed by atoms with E-state index in [1.165, 1.54) is 0 Å². The number of hydrogen-bond acceptors (Lipinski definition) is 3. The summed E-state index contributed by atoms with van der Waals surface area (Å²) in [4.78, 5) is 0.303. The normalized spacial score (nSPS) is 14.3. The summed E-state index contributed by atoms with van der Waals surface area (Å²) in [5, 5.41) is 10.5. The Kier molecular flexibility index (Phi) is 6.03. The molecule has 136 valence electrons. The van der Waals surface area contributed by atoms with Gasteiger partial charge < -0.3 is 5.11 Å². The standard InChI is InChI=1S/C20H27NO3S/c1-15-12-16(2)19(17(3)13-15)25(23,24)21-14-20(4,22)11-10-18-8-6-5-7-9-18/h5-9,12-13,21-22H,10-11,14H2,1-4H3/t20-/m1/s1. The van der Waals surface area contributed by atoms with Crippen LogP contribution in [-0.4, -0.2) is 25.7 Å². The molecule has 0 amide bonds. The van der Waals surface area contributed by atoms with Gasteiger partial charge in [0.1, 0.15) is 0 Å². The molecule has 0 aliphatic heterocycles. The molecule has 0 aliphatic carbocycles. The molecule has 4 nitrogen and oxygen atoms in total. The molecule has 0 radical (unpaired) electrons. The molecule has 0 saturated heterocycles. The van der Waals surface area contributed by atoms with Crippen LogP contribution in [0.3, 0.4) is 0 Å². The lowest BCUT2D eigenvalue weighted by Crippen LogP contribution is -2.41. The van der Waals surface area contributed by atoms with Crippen LogP contribution in [-0.2, 0) is 16.4 Å². The van der Waals surface area contributed by atoms with Gasteiger partial charge in [-0.25, -0.2) is 13.1 Å². The molecule has 0 aliphatic rings. The third-order valence-corrected chi connectivity index (χ3v) is 6.02. The molecule has 0 aromatic heterocycles. The van der Waals surface area contributed by atoms with E-state index in [4.69, 9.17) is 0 Å². The van der Waals surface area contributed by atoms with Crippen LogP contribution in [0, 0.1) is 20.8 Å². The summed E-state index contributed by atoms with van der Waals surface area (Å²) in [6, 6.07) is 13.6. The fourth-order valence-corrected chi connectivity index (χ4v) is 4.67. The molecular formula is C20H27NO3S. The minimum absolute atomic E-state index is 0.0189. The average molecular weight is 362 g/mol. The van der Waals surface area contributed by atoms with E-state index in [9.17, 15) is 13.5 Å². The molecule has 0 unspecified atom stereocenters. The number of rotatable bonds is 7. The third kappa shape index (κ3) is 5.39. The van der Waals surface area contributed by atoms with Crippen molar-refractivity contribution < 1.29 is 13.5 Å². The second-order valence-electron chi connectivity index (χ2n) is 7.03. The number of nitrogens with one attached hydrogen (secondary N) is 1. The van der Waals surface area contributed by atoms with Gasteiger partial charge in [-0.1, -0.05) is 48.0 Å². The van der Waals surface area contributed by atoms with Crippen molar-refractivity contribution in [2.75, 3.05) is 6.54 Å². The summed E-state index contributed by atoms with van der Waals surface area (Å²) in [5.41, 5.74) is 2.47. The maximum Gasteiger partial charge on any atom is 0.241 e. The topological polar surface area (TPSA) is 66.4 Å². The van der Waals surface area contributed by atoms with Crippen LogP contribution < -0.4 is 4.72 Å². The van der Waals surface area contributed by atoms with Crippen molar-refractivity contribution in [1.29, 1.82) is 0 Å². The van der Waals surface area contributed by atoms with Crippen LogP contribution in [0.4, 0.5) is 0 Å². The molecule has 0 saturated carbocycles. The van der Waals surface area contributed by atoms with Crippen molar-refractivity contribution >= 4 is 10.0 Å². The van der Waals surface area contributed by atoms with Crippen molar-refractivity contribution in [3.05, 3.63) is 64.7 Å². The zero-order valence-electron chi connectivity index (χ0n) is 15.3. The number of hydrogen-bond donors (Lipinski definition) is 2. The number of benzene rings is 2. The Morgan fingerprint density at radius 2 is 1.60 bits per heavy atom. The first-order valence-corrected chi connectivity index (χ1v) is 9.93. The fraction of sp³-hybridized carbons (Fsp3) is 0.400. The van der Waals surface area contributed by atoms with Crippen LogP contribution in [0.15, 0.2) is 47.4 Å². The highest BCUT2D eigenvalue weighted by Gasteiger charge is 2.26. The SMILES string of the molecule is Cc1cc(C)c(S(=O)(=O)NC[C@](C)(O)CCc2ccccc2)c(C)c1. The highest BCUT2D eigenvalue weighted by Crippen LogP contribution is 2.22. The Balaban J connectivity index is 2.06. The van der Waals surface area contributed by atoms with Crippen LogP contribution in [0.25, 0.3) is 0 Å². The third-order valence-electron chi connectivity index (χ3n) is 4.31. The first kappa shape index (κ1) is 19.6. The largest absolute Gasteiger partial charge is 0.389 e. The monoisotopic (exact) mass is 361 g/mol. The van der Waals surface area contributed by atoms with E-state index in [0.29, 0.717) is 28.9 Å². The van der Waals surface area contributed by atoms with Crippen LogP contribution in [0.1, 0.15) is 35.6 Å². The second-order valence-corrected chi connectivity index (χ2v) is 8.74. The Hall–Kier alpha value is -1.69. The predicted molar refractivity (Wildman–Crippen MR) is 101 cm³/mol. The van der Waals surface area contributed by atoms with Gasteiger partial charge in [-0.05, 0) is 57.2 Å². The van der Waals surface area contributed by atoms with E-state index in [-0.39, 0.29) is 6.54 Å². The quantitative estimate of drug-likeness (QED) is 0.795.